The van der Waals surface area contributed by atoms with E-state index in [0.717, 1.165) is 17.7 Å². The van der Waals surface area contributed by atoms with Gasteiger partial charge in [-0.2, -0.15) is 0 Å². The molecule has 0 aliphatic rings. The summed E-state index contributed by atoms with van der Waals surface area (Å²) in [6, 6.07) is 9.04. The minimum atomic E-state index is -0.715. The largest absolute Gasteiger partial charge is 0.228 e. The average molecular weight is 291 g/mol. The number of aryl methyl sites for hydroxylation is 1. The Morgan fingerprint density at radius 3 is 2.30 bits per heavy atom. The molecule has 3 rings (SSSR count). The molecule has 0 saturated carbocycles. The Morgan fingerprint density at radius 2 is 1.60 bits per heavy atom. The molecule has 100 valence electrons. The second-order valence-corrected chi connectivity index (χ2v) is 4.76. The monoisotopic (exact) mass is 290 g/mol. The first-order valence-electron chi connectivity index (χ1n) is 5.95. The van der Waals surface area contributed by atoms with E-state index in [0.29, 0.717) is 10.9 Å². The van der Waals surface area contributed by atoms with Gasteiger partial charge in [-0.05, 0) is 30.7 Å². The molecule has 0 aliphatic heterocycles. The van der Waals surface area contributed by atoms with Crippen molar-refractivity contribution in [2.45, 2.75) is 6.92 Å². The Morgan fingerprint density at radius 1 is 0.950 bits per heavy atom. The molecule has 0 aliphatic carbocycles. The van der Waals surface area contributed by atoms with Crippen LogP contribution < -0.4 is 0 Å². The molecule has 0 N–H and O–H groups in total. The fourth-order valence-corrected chi connectivity index (χ4v) is 2.45. The quantitative estimate of drug-likeness (QED) is 0.615. The van der Waals surface area contributed by atoms with Gasteiger partial charge in [0.2, 0.25) is 0 Å². The Hall–Kier alpha value is -2.07. The highest BCUT2D eigenvalue weighted by molar-refractivity contribution is 6.34. The van der Waals surface area contributed by atoms with Crippen LogP contribution in [0.4, 0.5) is 8.78 Å². The van der Waals surface area contributed by atoms with E-state index in [9.17, 15) is 8.78 Å². The zero-order valence-corrected chi connectivity index (χ0v) is 11.2. The van der Waals surface area contributed by atoms with Gasteiger partial charge in [0, 0.05) is 5.39 Å². The van der Waals surface area contributed by atoms with Crippen molar-refractivity contribution in [1.82, 2.24) is 9.97 Å². The second kappa shape index (κ2) is 4.80. The minimum Gasteiger partial charge on any atom is -0.228 e. The Balaban J connectivity index is 2.34. The molecule has 0 saturated heterocycles. The molecule has 1 aromatic heterocycles. The summed E-state index contributed by atoms with van der Waals surface area (Å²) in [4.78, 5) is 8.24. The number of fused-ring (bicyclic) bond motifs is 1. The van der Waals surface area contributed by atoms with E-state index in [1.54, 1.807) is 6.07 Å². The number of aromatic nitrogens is 2. The number of hydrogen-bond donors (Lipinski definition) is 0. The van der Waals surface area contributed by atoms with Crippen LogP contribution in [0.15, 0.2) is 36.4 Å². The van der Waals surface area contributed by atoms with Crippen molar-refractivity contribution in [3.63, 3.8) is 0 Å². The van der Waals surface area contributed by atoms with Gasteiger partial charge >= 0.3 is 0 Å². The van der Waals surface area contributed by atoms with Crippen molar-refractivity contribution in [1.29, 1.82) is 0 Å². The molecule has 1 heterocycles. The van der Waals surface area contributed by atoms with Crippen LogP contribution in [0.3, 0.4) is 0 Å². The molecule has 0 radical (unpaired) electrons. The molecular formula is C15H9ClF2N2. The van der Waals surface area contributed by atoms with Crippen LogP contribution in [0.25, 0.3) is 22.3 Å². The molecule has 0 unspecified atom stereocenters. The topological polar surface area (TPSA) is 25.8 Å². The lowest BCUT2D eigenvalue weighted by Crippen LogP contribution is -1.98. The van der Waals surface area contributed by atoms with E-state index in [-0.39, 0.29) is 16.5 Å². The van der Waals surface area contributed by atoms with E-state index in [1.165, 1.54) is 6.07 Å². The molecule has 20 heavy (non-hydrogen) atoms. The van der Waals surface area contributed by atoms with Crippen molar-refractivity contribution in [3.8, 4) is 11.4 Å². The van der Waals surface area contributed by atoms with Crippen LogP contribution in [0, 0.1) is 18.6 Å². The number of nitrogens with zero attached hydrogens (tertiary/aromatic N) is 2. The number of benzene rings is 2. The summed E-state index contributed by atoms with van der Waals surface area (Å²) in [6.07, 6.45) is 0. The molecular weight excluding hydrogens is 282 g/mol. The first kappa shape index (κ1) is 12.9. The van der Waals surface area contributed by atoms with Crippen LogP contribution in [0.2, 0.25) is 5.15 Å². The molecule has 3 aromatic rings. The van der Waals surface area contributed by atoms with E-state index in [4.69, 9.17) is 11.6 Å². The normalized spacial score (nSPS) is 11.0. The van der Waals surface area contributed by atoms with Crippen LogP contribution in [-0.2, 0) is 0 Å². The van der Waals surface area contributed by atoms with Crippen LogP contribution in [0.5, 0.6) is 0 Å². The first-order chi connectivity index (χ1) is 9.58. The van der Waals surface area contributed by atoms with Gasteiger partial charge in [-0.1, -0.05) is 29.8 Å². The summed E-state index contributed by atoms with van der Waals surface area (Å²) in [5.74, 6) is -1.48. The van der Waals surface area contributed by atoms with Gasteiger partial charge in [0.1, 0.15) is 16.8 Å². The zero-order chi connectivity index (χ0) is 14.3. The van der Waals surface area contributed by atoms with Crippen molar-refractivity contribution < 1.29 is 8.78 Å². The third kappa shape index (κ3) is 2.02. The maximum atomic E-state index is 13.8. The molecule has 2 nitrogen and oxygen atoms in total. The van der Waals surface area contributed by atoms with Crippen LogP contribution in [0.1, 0.15) is 5.56 Å². The van der Waals surface area contributed by atoms with Gasteiger partial charge in [0.25, 0.3) is 0 Å². The lowest BCUT2D eigenvalue weighted by atomic mass is 10.1. The van der Waals surface area contributed by atoms with Crippen molar-refractivity contribution in [2.24, 2.45) is 0 Å². The Bertz CT molecular complexity index is 798. The van der Waals surface area contributed by atoms with E-state index in [1.807, 2.05) is 19.1 Å². The predicted molar refractivity (Wildman–Crippen MR) is 74.6 cm³/mol. The molecule has 5 heteroatoms. The van der Waals surface area contributed by atoms with Gasteiger partial charge in [-0.3, -0.25) is 0 Å². The fourth-order valence-electron chi connectivity index (χ4n) is 2.13. The van der Waals surface area contributed by atoms with E-state index < -0.39 is 11.6 Å². The highest BCUT2D eigenvalue weighted by atomic mass is 35.5. The van der Waals surface area contributed by atoms with Gasteiger partial charge in [-0.15, -0.1) is 0 Å². The SMILES string of the molecule is Cc1cccc2nc(-c3c(F)cccc3F)nc(Cl)c12. The minimum absolute atomic E-state index is 0.0521. The van der Waals surface area contributed by atoms with Crippen LogP contribution in [-0.4, -0.2) is 9.97 Å². The van der Waals surface area contributed by atoms with Crippen LogP contribution >= 0.6 is 11.6 Å². The maximum absolute atomic E-state index is 13.8. The molecule has 0 bridgehead atoms. The van der Waals surface area contributed by atoms with Crippen molar-refractivity contribution in [2.75, 3.05) is 0 Å². The van der Waals surface area contributed by atoms with Gasteiger partial charge < -0.3 is 0 Å². The Labute approximate surface area is 119 Å². The summed E-state index contributed by atoms with van der Waals surface area (Å²) in [6.45, 7) is 1.88. The average Bonchev–Trinajstić information content (AvgIpc) is 2.38. The van der Waals surface area contributed by atoms with E-state index in [2.05, 4.69) is 9.97 Å². The zero-order valence-electron chi connectivity index (χ0n) is 10.5. The lowest BCUT2D eigenvalue weighted by molar-refractivity contribution is 0.587. The standard InChI is InChI=1S/C15H9ClF2N2/c1-8-4-2-7-11-12(8)14(16)20-15(19-11)13-9(17)5-3-6-10(13)18/h2-7H,1H3. The summed E-state index contributed by atoms with van der Waals surface area (Å²) >= 11 is 6.13. The molecule has 2 aromatic carbocycles. The second-order valence-electron chi connectivity index (χ2n) is 4.40. The molecule has 0 fully saturated rings. The predicted octanol–water partition coefficient (Wildman–Crippen LogP) is 4.54. The summed E-state index contributed by atoms with van der Waals surface area (Å²) in [5, 5.41) is 0.875. The van der Waals surface area contributed by atoms with Gasteiger partial charge in [0.15, 0.2) is 5.82 Å². The van der Waals surface area contributed by atoms with Gasteiger partial charge in [0.05, 0.1) is 11.1 Å². The summed E-state index contributed by atoms with van der Waals surface area (Å²) in [5.41, 5.74) is 1.20. The van der Waals surface area contributed by atoms with E-state index >= 15 is 0 Å². The number of rotatable bonds is 1. The fraction of sp³-hybridized carbons (Fsp3) is 0.0667. The highest BCUT2D eigenvalue weighted by Crippen LogP contribution is 2.29. The molecule has 0 atom stereocenters. The Kier molecular flexibility index (Phi) is 3.10. The van der Waals surface area contributed by atoms with Crippen molar-refractivity contribution in [3.05, 3.63) is 58.7 Å². The third-order valence-corrected chi connectivity index (χ3v) is 3.35. The first-order valence-corrected chi connectivity index (χ1v) is 6.33. The molecule has 0 amide bonds. The summed E-state index contributed by atoms with van der Waals surface area (Å²) < 4.78 is 27.6. The summed E-state index contributed by atoms with van der Waals surface area (Å²) in [7, 11) is 0. The van der Waals surface area contributed by atoms with Gasteiger partial charge in [-0.25, -0.2) is 18.7 Å². The maximum Gasteiger partial charge on any atom is 0.167 e. The smallest absolute Gasteiger partial charge is 0.167 e. The highest BCUT2D eigenvalue weighted by Gasteiger charge is 2.16. The lowest BCUT2D eigenvalue weighted by Gasteiger charge is -2.08. The third-order valence-electron chi connectivity index (χ3n) is 3.07. The number of halogens is 3. The number of hydrogen-bond acceptors (Lipinski definition) is 2. The van der Waals surface area contributed by atoms with Crippen molar-refractivity contribution >= 4 is 22.5 Å². The molecule has 0 spiro atoms.